The molecule has 2 N–H and O–H groups in total. The molecule has 1 aliphatic carbocycles. The molecule has 2 heterocycles. The summed E-state index contributed by atoms with van der Waals surface area (Å²) in [7, 11) is 0. The van der Waals surface area contributed by atoms with Gasteiger partial charge in [0.2, 0.25) is 17.7 Å². The topological polar surface area (TPSA) is 102 Å². The first-order valence-corrected chi connectivity index (χ1v) is 10.9. The molecule has 0 aromatic heterocycles. The minimum atomic E-state index is -0.491. The number of piperidine rings is 1. The molecule has 7 heteroatoms. The van der Waals surface area contributed by atoms with E-state index >= 15 is 0 Å². The number of nitriles is 1. The smallest absolute Gasteiger partial charge is 0.243 e. The Morgan fingerprint density at radius 3 is 2.67 bits per heavy atom. The third kappa shape index (κ3) is 4.53. The van der Waals surface area contributed by atoms with Gasteiger partial charge in [-0.1, -0.05) is 40.7 Å². The van der Waals surface area contributed by atoms with Gasteiger partial charge in [-0.15, -0.1) is 0 Å². The molecule has 30 heavy (non-hydrogen) atoms. The van der Waals surface area contributed by atoms with Crippen LogP contribution in [0.1, 0.15) is 53.9 Å². The lowest BCUT2D eigenvalue weighted by molar-refractivity contribution is -0.142. The number of nitrogens with zero attached hydrogens (tertiary/aromatic N) is 2. The van der Waals surface area contributed by atoms with E-state index in [2.05, 4.69) is 24.5 Å². The van der Waals surface area contributed by atoms with E-state index in [1.165, 1.54) is 6.08 Å². The molecule has 0 aromatic rings. The van der Waals surface area contributed by atoms with E-state index in [0.717, 1.165) is 6.42 Å². The Labute approximate surface area is 179 Å². The zero-order valence-electron chi connectivity index (χ0n) is 18.7. The van der Waals surface area contributed by atoms with E-state index < -0.39 is 12.1 Å². The zero-order valence-corrected chi connectivity index (χ0v) is 18.7. The van der Waals surface area contributed by atoms with Crippen LogP contribution in [0.5, 0.6) is 0 Å². The minimum Gasteiger partial charge on any atom is -0.356 e. The molecule has 0 bridgehead atoms. The van der Waals surface area contributed by atoms with E-state index in [9.17, 15) is 14.4 Å². The highest BCUT2D eigenvalue weighted by Crippen LogP contribution is 2.65. The van der Waals surface area contributed by atoms with Gasteiger partial charge < -0.3 is 15.5 Å². The first-order valence-electron chi connectivity index (χ1n) is 10.9. The van der Waals surface area contributed by atoms with Gasteiger partial charge in [0.15, 0.2) is 0 Å². The summed E-state index contributed by atoms with van der Waals surface area (Å²) in [5.74, 6) is 0.144. The highest BCUT2D eigenvalue weighted by Gasteiger charge is 2.69. The summed E-state index contributed by atoms with van der Waals surface area (Å²) in [4.78, 5) is 40.1. The molecule has 0 radical (unpaired) electrons. The Morgan fingerprint density at radius 2 is 2.10 bits per heavy atom. The van der Waals surface area contributed by atoms with Crippen LogP contribution in [0.4, 0.5) is 0 Å². The van der Waals surface area contributed by atoms with E-state index in [1.807, 2.05) is 26.8 Å². The van der Waals surface area contributed by atoms with Crippen LogP contribution in [0.15, 0.2) is 12.2 Å². The van der Waals surface area contributed by atoms with Gasteiger partial charge in [-0.3, -0.25) is 14.4 Å². The van der Waals surface area contributed by atoms with Crippen molar-refractivity contribution in [3.63, 3.8) is 0 Å². The number of nitrogens with one attached hydrogen (secondary N) is 2. The largest absolute Gasteiger partial charge is 0.356 e. The summed E-state index contributed by atoms with van der Waals surface area (Å²) in [5.41, 5.74) is -0.0990. The first kappa shape index (κ1) is 22.3. The second-order valence-corrected chi connectivity index (χ2v) is 10.8. The van der Waals surface area contributed by atoms with E-state index in [-0.39, 0.29) is 40.4 Å². The SMILES string of the molecule is CC(C)(C)CC(=O)N1C[C@H]2[C@@H]([C@H]1C(=O)N[C@H](/C=C/C#N)C[C@@H]1CCNC1=O)C2(C)C. The molecular formula is C23H34N4O3. The lowest BCUT2D eigenvalue weighted by Gasteiger charge is -2.33. The number of hydrogen-bond donors (Lipinski definition) is 2. The Hall–Kier alpha value is -2.36. The number of carbonyl (C=O) groups is 3. The molecule has 0 spiro atoms. The van der Waals surface area contributed by atoms with Crippen molar-refractivity contribution in [2.75, 3.05) is 13.1 Å². The predicted octanol–water partition coefficient (Wildman–Crippen LogP) is 2.00. The average molecular weight is 415 g/mol. The van der Waals surface area contributed by atoms with Gasteiger partial charge in [-0.05, 0) is 35.5 Å². The number of rotatable bonds is 6. The van der Waals surface area contributed by atoms with Crippen molar-refractivity contribution in [3.8, 4) is 6.07 Å². The normalized spacial score (nSPS) is 30.5. The van der Waals surface area contributed by atoms with Gasteiger partial charge in [0.25, 0.3) is 0 Å². The third-order valence-electron chi connectivity index (χ3n) is 6.91. The van der Waals surface area contributed by atoms with Crippen LogP contribution in [0.25, 0.3) is 0 Å². The molecule has 1 saturated carbocycles. The molecule has 3 fully saturated rings. The molecule has 3 aliphatic rings. The molecular weight excluding hydrogens is 380 g/mol. The predicted molar refractivity (Wildman–Crippen MR) is 113 cm³/mol. The van der Waals surface area contributed by atoms with E-state index in [0.29, 0.717) is 31.8 Å². The number of hydrogen-bond acceptors (Lipinski definition) is 4. The van der Waals surface area contributed by atoms with Gasteiger partial charge in [-0.25, -0.2) is 0 Å². The molecule has 5 atom stereocenters. The summed E-state index contributed by atoms with van der Waals surface area (Å²) in [6, 6.07) is 1.06. The third-order valence-corrected chi connectivity index (χ3v) is 6.91. The number of fused-ring (bicyclic) bond motifs is 1. The van der Waals surface area contributed by atoms with Crippen molar-refractivity contribution in [2.45, 2.75) is 66.0 Å². The Kier molecular flexibility index (Phi) is 5.99. The second-order valence-electron chi connectivity index (χ2n) is 10.8. The highest BCUT2D eigenvalue weighted by molar-refractivity contribution is 5.90. The lowest BCUT2D eigenvalue weighted by Crippen LogP contribution is -2.52. The van der Waals surface area contributed by atoms with Crippen molar-refractivity contribution in [1.82, 2.24) is 15.5 Å². The Bertz CT molecular complexity index is 789. The Balaban J connectivity index is 1.74. The van der Waals surface area contributed by atoms with Crippen molar-refractivity contribution in [3.05, 3.63) is 12.2 Å². The monoisotopic (exact) mass is 414 g/mol. The maximum absolute atomic E-state index is 13.4. The number of allylic oxidation sites excluding steroid dienone is 1. The van der Waals surface area contributed by atoms with Crippen molar-refractivity contribution < 1.29 is 14.4 Å². The van der Waals surface area contributed by atoms with Crippen molar-refractivity contribution >= 4 is 17.7 Å². The fourth-order valence-electron chi connectivity index (χ4n) is 5.19. The van der Waals surface area contributed by atoms with Gasteiger partial charge in [0.1, 0.15) is 6.04 Å². The number of carbonyl (C=O) groups excluding carboxylic acids is 3. The summed E-state index contributed by atoms with van der Waals surface area (Å²) in [6.45, 7) is 11.6. The Morgan fingerprint density at radius 1 is 1.40 bits per heavy atom. The number of likely N-dealkylation sites (tertiary alicyclic amines) is 1. The van der Waals surface area contributed by atoms with Crippen molar-refractivity contribution in [2.24, 2.45) is 28.6 Å². The van der Waals surface area contributed by atoms with Crippen LogP contribution in [0.2, 0.25) is 0 Å². The molecule has 3 amide bonds. The van der Waals surface area contributed by atoms with Crippen LogP contribution in [0.3, 0.4) is 0 Å². The molecule has 0 aromatic carbocycles. The van der Waals surface area contributed by atoms with Crippen LogP contribution < -0.4 is 10.6 Å². The zero-order chi connectivity index (χ0) is 22.3. The van der Waals surface area contributed by atoms with Gasteiger partial charge in [0.05, 0.1) is 6.07 Å². The van der Waals surface area contributed by atoms with Crippen LogP contribution in [-0.2, 0) is 14.4 Å². The molecule has 7 nitrogen and oxygen atoms in total. The van der Waals surface area contributed by atoms with Crippen LogP contribution in [0, 0.1) is 39.9 Å². The standard InChI is InChI=1S/C23H34N4O3/c1-22(2,3)12-17(28)27-13-16-18(23(16,4)5)19(27)21(30)26-15(7-6-9-24)11-14-8-10-25-20(14)29/h6-7,14-16,18-19H,8,10-13H2,1-5H3,(H,25,29)(H,26,30)/b7-6+/t14-,15+,16-,18-,19-/m0/s1. The molecule has 2 saturated heterocycles. The van der Waals surface area contributed by atoms with Crippen LogP contribution in [-0.4, -0.2) is 47.8 Å². The highest BCUT2D eigenvalue weighted by atomic mass is 16.2. The summed E-state index contributed by atoms with van der Waals surface area (Å²) in [5, 5.41) is 14.8. The van der Waals surface area contributed by atoms with Gasteiger partial charge in [-0.2, -0.15) is 5.26 Å². The van der Waals surface area contributed by atoms with E-state index in [4.69, 9.17) is 5.26 Å². The second kappa shape index (κ2) is 8.05. The van der Waals surface area contributed by atoms with E-state index in [1.54, 1.807) is 11.0 Å². The summed E-state index contributed by atoms with van der Waals surface area (Å²) in [6.07, 6.45) is 4.57. The lowest BCUT2D eigenvalue weighted by atomic mass is 9.90. The van der Waals surface area contributed by atoms with Crippen LogP contribution >= 0.6 is 0 Å². The summed E-state index contributed by atoms with van der Waals surface area (Å²) >= 11 is 0. The molecule has 3 rings (SSSR count). The fourth-order valence-corrected chi connectivity index (χ4v) is 5.19. The molecule has 2 aliphatic heterocycles. The molecule has 0 unspecified atom stereocenters. The quantitative estimate of drug-likeness (QED) is 0.649. The van der Waals surface area contributed by atoms with Crippen molar-refractivity contribution in [1.29, 1.82) is 5.26 Å². The van der Waals surface area contributed by atoms with Gasteiger partial charge >= 0.3 is 0 Å². The minimum absolute atomic E-state index is 0.00848. The fraction of sp³-hybridized carbons (Fsp3) is 0.739. The first-order chi connectivity index (χ1) is 14.0. The maximum atomic E-state index is 13.4. The molecule has 164 valence electrons. The average Bonchev–Trinajstić information content (AvgIpc) is 3.00. The summed E-state index contributed by atoms with van der Waals surface area (Å²) < 4.78 is 0. The maximum Gasteiger partial charge on any atom is 0.243 e. The van der Waals surface area contributed by atoms with Gasteiger partial charge in [0, 0.05) is 37.5 Å². The number of amides is 3.